The van der Waals surface area contributed by atoms with Crippen molar-refractivity contribution < 1.29 is 9.53 Å². The predicted molar refractivity (Wildman–Crippen MR) is 66.5 cm³/mol. The first-order valence-electron chi connectivity index (χ1n) is 6.47. The summed E-state index contributed by atoms with van der Waals surface area (Å²) < 4.78 is 4.89. The summed E-state index contributed by atoms with van der Waals surface area (Å²) in [5.41, 5.74) is 5.87. The number of carbonyl (C=O) groups is 1. The number of nitrogens with two attached hydrogens (primary N) is 1. The number of hydrogen-bond donors (Lipinski definition) is 1. The fraction of sp³-hybridized carbons (Fsp3) is 0.923. The average Bonchev–Trinajstić information content (AvgIpc) is 3.04. The molecule has 1 aliphatic heterocycles. The van der Waals surface area contributed by atoms with Crippen LogP contribution in [0.2, 0.25) is 0 Å². The van der Waals surface area contributed by atoms with E-state index in [0.29, 0.717) is 17.9 Å². The van der Waals surface area contributed by atoms with Crippen LogP contribution >= 0.6 is 0 Å². The van der Waals surface area contributed by atoms with Gasteiger partial charge in [-0.1, -0.05) is 13.8 Å². The zero-order valence-electron chi connectivity index (χ0n) is 11.2. The Balaban J connectivity index is 2.01. The van der Waals surface area contributed by atoms with E-state index in [2.05, 4.69) is 18.7 Å². The number of esters is 1. The summed E-state index contributed by atoms with van der Waals surface area (Å²) in [5, 5.41) is 0. The van der Waals surface area contributed by atoms with Crippen LogP contribution in [0.3, 0.4) is 0 Å². The second kappa shape index (κ2) is 4.25. The first kappa shape index (κ1) is 12.8. The van der Waals surface area contributed by atoms with E-state index in [1.807, 2.05) is 0 Å². The van der Waals surface area contributed by atoms with Gasteiger partial charge in [-0.3, -0.25) is 4.79 Å². The summed E-state index contributed by atoms with van der Waals surface area (Å²) in [6, 6.07) is 0. The van der Waals surface area contributed by atoms with E-state index >= 15 is 0 Å². The van der Waals surface area contributed by atoms with Crippen molar-refractivity contribution in [3.8, 4) is 0 Å². The lowest BCUT2D eigenvalue weighted by Crippen LogP contribution is -2.58. The van der Waals surface area contributed by atoms with Crippen LogP contribution in [0.15, 0.2) is 0 Å². The molecule has 98 valence electrons. The maximum absolute atomic E-state index is 11.9. The third-order valence-corrected chi connectivity index (χ3v) is 4.11. The summed E-state index contributed by atoms with van der Waals surface area (Å²) >= 11 is 0. The van der Waals surface area contributed by atoms with Crippen molar-refractivity contribution in [3.05, 3.63) is 0 Å². The van der Waals surface area contributed by atoms with E-state index in [-0.39, 0.29) is 5.97 Å². The van der Waals surface area contributed by atoms with E-state index in [0.717, 1.165) is 25.9 Å². The van der Waals surface area contributed by atoms with Crippen molar-refractivity contribution in [2.75, 3.05) is 26.7 Å². The Morgan fingerprint density at radius 3 is 2.59 bits per heavy atom. The van der Waals surface area contributed by atoms with Gasteiger partial charge in [0.25, 0.3) is 0 Å². The first-order chi connectivity index (χ1) is 7.87. The number of carbonyl (C=O) groups excluding carboxylic acids is 1. The second-order valence-corrected chi connectivity index (χ2v) is 6.43. The van der Waals surface area contributed by atoms with Gasteiger partial charge in [-0.2, -0.15) is 0 Å². The Morgan fingerprint density at radius 2 is 2.18 bits per heavy atom. The van der Waals surface area contributed by atoms with Gasteiger partial charge in [-0.15, -0.1) is 0 Å². The Bertz CT molecular complexity index is 313. The molecule has 2 N–H and O–H groups in total. The summed E-state index contributed by atoms with van der Waals surface area (Å²) in [4.78, 5) is 14.2. The van der Waals surface area contributed by atoms with Gasteiger partial charge < -0.3 is 15.4 Å². The third kappa shape index (κ3) is 2.63. The van der Waals surface area contributed by atoms with Crippen LogP contribution in [0, 0.1) is 11.3 Å². The van der Waals surface area contributed by atoms with Crippen molar-refractivity contribution in [3.63, 3.8) is 0 Å². The molecule has 1 atom stereocenters. The van der Waals surface area contributed by atoms with Gasteiger partial charge in [-0.05, 0) is 37.1 Å². The first-order valence-corrected chi connectivity index (χ1v) is 6.47. The quantitative estimate of drug-likeness (QED) is 0.745. The summed E-state index contributed by atoms with van der Waals surface area (Å²) in [7, 11) is 1.43. The third-order valence-electron chi connectivity index (χ3n) is 4.11. The second-order valence-electron chi connectivity index (χ2n) is 6.43. The van der Waals surface area contributed by atoms with Crippen LogP contribution in [0.1, 0.15) is 33.1 Å². The van der Waals surface area contributed by atoms with E-state index in [1.54, 1.807) is 0 Å². The van der Waals surface area contributed by atoms with Crippen molar-refractivity contribution in [1.82, 2.24) is 4.90 Å². The molecule has 2 aliphatic rings. The highest BCUT2D eigenvalue weighted by Gasteiger charge is 2.50. The molecule has 0 aromatic carbocycles. The topological polar surface area (TPSA) is 55.6 Å². The van der Waals surface area contributed by atoms with Gasteiger partial charge in [0.2, 0.25) is 0 Å². The highest BCUT2D eigenvalue weighted by Crippen LogP contribution is 2.40. The highest BCUT2D eigenvalue weighted by molar-refractivity contribution is 5.81. The molecule has 1 unspecified atom stereocenters. The summed E-state index contributed by atoms with van der Waals surface area (Å²) in [6.45, 7) is 7.24. The minimum atomic E-state index is -0.783. The molecule has 17 heavy (non-hydrogen) atoms. The Morgan fingerprint density at radius 1 is 1.53 bits per heavy atom. The Labute approximate surface area is 103 Å². The number of rotatable bonds is 4. The molecular weight excluding hydrogens is 216 g/mol. The molecule has 1 saturated heterocycles. The number of methoxy groups -OCH3 is 1. The van der Waals surface area contributed by atoms with Crippen molar-refractivity contribution >= 4 is 5.97 Å². The van der Waals surface area contributed by atoms with Gasteiger partial charge in [0.05, 0.1) is 7.11 Å². The monoisotopic (exact) mass is 240 g/mol. The van der Waals surface area contributed by atoms with Gasteiger partial charge in [0, 0.05) is 13.1 Å². The summed E-state index contributed by atoms with van der Waals surface area (Å²) in [5.74, 6) is 0.0726. The molecule has 1 aliphatic carbocycles. The van der Waals surface area contributed by atoms with E-state index in [4.69, 9.17) is 10.5 Å². The molecule has 2 rings (SSSR count). The van der Waals surface area contributed by atoms with Crippen LogP contribution < -0.4 is 5.73 Å². The van der Waals surface area contributed by atoms with Crippen LogP contribution in [0.5, 0.6) is 0 Å². The Hall–Kier alpha value is -0.610. The largest absolute Gasteiger partial charge is 0.468 e. The molecule has 0 aromatic heterocycles. The number of hydrogen-bond acceptors (Lipinski definition) is 4. The van der Waals surface area contributed by atoms with E-state index in [1.165, 1.54) is 13.5 Å². The summed E-state index contributed by atoms with van der Waals surface area (Å²) in [6.07, 6.45) is 3.29. The van der Waals surface area contributed by atoms with Gasteiger partial charge in [0.1, 0.15) is 5.54 Å². The van der Waals surface area contributed by atoms with Crippen LogP contribution in [-0.2, 0) is 9.53 Å². The minimum Gasteiger partial charge on any atom is -0.468 e. The molecular formula is C13H24N2O2. The lowest BCUT2D eigenvalue weighted by molar-refractivity contribution is -0.148. The van der Waals surface area contributed by atoms with E-state index in [9.17, 15) is 4.79 Å². The molecule has 0 spiro atoms. The van der Waals surface area contributed by atoms with Crippen LogP contribution in [0.25, 0.3) is 0 Å². The molecule has 0 aromatic rings. The minimum absolute atomic E-state index is 0.246. The zero-order valence-corrected chi connectivity index (χ0v) is 11.2. The van der Waals surface area contributed by atoms with Crippen molar-refractivity contribution in [1.29, 1.82) is 0 Å². The predicted octanol–water partition coefficient (Wildman–Crippen LogP) is 0.999. The van der Waals surface area contributed by atoms with Crippen LogP contribution in [-0.4, -0.2) is 43.2 Å². The fourth-order valence-electron chi connectivity index (χ4n) is 2.88. The molecule has 1 saturated carbocycles. The normalized spacial score (nSPS) is 27.8. The molecule has 0 bridgehead atoms. The van der Waals surface area contributed by atoms with Crippen molar-refractivity contribution in [2.45, 2.75) is 38.6 Å². The highest BCUT2D eigenvalue weighted by atomic mass is 16.5. The molecule has 4 nitrogen and oxygen atoms in total. The van der Waals surface area contributed by atoms with Gasteiger partial charge in [-0.25, -0.2) is 0 Å². The molecule has 0 radical (unpaired) electrons. The SMILES string of the molecule is COC(=O)C(N)(CN1CCC(C)(C)C1)C1CC1. The van der Waals surface area contributed by atoms with Crippen LogP contribution in [0.4, 0.5) is 0 Å². The average molecular weight is 240 g/mol. The molecule has 1 heterocycles. The Kier molecular flexibility index (Phi) is 3.21. The maximum Gasteiger partial charge on any atom is 0.327 e. The van der Waals surface area contributed by atoms with E-state index < -0.39 is 5.54 Å². The lowest BCUT2D eigenvalue weighted by atomic mass is 9.92. The number of likely N-dealkylation sites (tertiary alicyclic amines) is 1. The van der Waals surface area contributed by atoms with Crippen molar-refractivity contribution in [2.24, 2.45) is 17.1 Å². The molecule has 4 heteroatoms. The zero-order chi connectivity index (χ0) is 12.7. The lowest BCUT2D eigenvalue weighted by Gasteiger charge is -2.31. The molecule has 2 fully saturated rings. The van der Waals surface area contributed by atoms with Gasteiger partial charge in [0.15, 0.2) is 0 Å². The molecule has 0 amide bonds. The maximum atomic E-state index is 11.9. The smallest absolute Gasteiger partial charge is 0.327 e. The standard InChI is InChI=1S/C13H24N2O2/c1-12(2)6-7-15(8-12)9-13(14,10-4-5-10)11(16)17-3/h10H,4-9,14H2,1-3H3. The van der Waals surface area contributed by atoms with Gasteiger partial charge >= 0.3 is 5.97 Å². The number of ether oxygens (including phenoxy) is 1. The fourth-order valence-corrected chi connectivity index (χ4v) is 2.88. The number of nitrogens with zero attached hydrogens (tertiary/aromatic N) is 1.